The molecule has 2 aromatic rings. The van der Waals surface area contributed by atoms with Gasteiger partial charge in [-0.15, -0.1) is 0 Å². The van der Waals surface area contributed by atoms with Gasteiger partial charge in [-0.3, -0.25) is 9.48 Å². The molecule has 3 N–H and O–H groups in total. The van der Waals surface area contributed by atoms with Crippen molar-refractivity contribution in [3.05, 3.63) is 36.3 Å². The number of nitrogens with zero attached hydrogens (tertiary/aromatic N) is 3. The van der Waals surface area contributed by atoms with Crippen LogP contribution in [0.25, 0.3) is 0 Å². The van der Waals surface area contributed by atoms with E-state index in [0.29, 0.717) is 23.7 Å². The minimum absolute atomic E-state index is 0.316. The first-order valence-corrected chi connectivity index (χ1v) is 6.24. The highest BCUT2D eigenvalue weighted by atomic mass is 16.5. The van der Waals surface area contributed by atoms with Crippen LogP contribution >= 0.6 is 0 Å². The lowest BCUT2D eigenvalue weighted by Crippen LogP contribution is -2.27. The summed E-state index contributed by atoms with van der Waals surface area (Å²) in [5.74, 6) is 0.200. The molecule has 0 aliphatic heterocycles. The highest BCUT2D eigenvalue weighted by Crippen LogP contribution is 2.15. The van der Waals surface area contributed by atoms with E-state index < -0.39 is 6.04 Å². The van der Waals surface area contributed by atoms with Crippen LogP contribution in [0.15, 0.2) is 30.7 Å². The topological polar surface area (TPSA) is 95.1 Å². The molecule has 0 saturated carbocycles. The third-order valence-electron chi connectivity index (χ3n) is 2.66. The number of carbonyl (C=O) groups excluding carboxylic acids is 1. The maximum atomic E-state index is 12.0. The molecule has 0 aliphatic rings. The van der Waals surface area contributed by atoms with Crippen molar-refractivity contribution in [1.82, 2.24) is 14.8 Å². The summed E-state index contributed by atoms with van der Waals surface area (Å²) in [6.07, 6.45) is 4.81. The Hall–Kier alpha value is -2.41. The normalized spacial score (nSPS) is 11.9. The molecule has 106 valence electrons. The monoisotopic (exact) mass is 275 g/mol. The second kappa shape index (κ2) is 6.16. The van der Waals surface area contributed by atoms with Crippen molar-refractivity contribution in [2.24, 2.45) is 12.8 Å². The summed E-state index contributed by atoms with van der Waals surface area (Å²) in [6.45, 7) is 2.43. The molecule has 7 heteroatoms. The summed E-state index contributed by atoms with van der Waals surface area (Å²) in [7, 11) is 1.77. The van der Waals surface area contributed by atoms with Crippen LogP contribution in [0, 0.1) is 0 Å². The van der Waals surface area contributed by atoms with Gasteiger partial charge in [-0.2, -0.15) is 5.10 Å². The number of aromatic nitrogens is 3. The first-order valence-electron chi connectivity index (χ1n) is 6.24. The third-order valence-corrected chi connectivity index (χ3v) is 2.66. The number of pyridine rings is 1. The van der Waals surface area contributed by atoms with Crippen molar-refractivity contribution in [3.63, 3.8) is 0 Å². The number of amides is 1. The van der Waals surface area contributed by atoms with Crippen LogP contribution < -0.4 is 15.8 Å². The van der Waals surface area contributed by atoms with Gasteiger partial charge in [0, 0.05) is 24.9 Å². The average Bonchev–Trinajstić information content (AvgIpc) is 2.87. The zero-order valence-corrected chi connectivity index (χ0v) is 11.4. The van der Waals surface area contributed by atoms with Gasteiger partial charge < -0.3 is 15.8 Å². The lowest BCUT2D eigenvalue weighted by atomic mass is 10.1. The van der Waals surface area contributed by atoms with Gasteiger partial charge in [0.25, 0.3) is 0 Å². The number of hydrogen-bond acceptors (Lipinski definition) is 5. The van der Waals surface area contributed by atoms with Crippen molar-refractivity contribution < 1.29 is 9.53 Å². The minimum Gasteiger partial charge on any atom is -0.478 e. The molecule has 20 heavy (non-hydrogen) atoms. The van der Waals surface area contributed by atoms with E-state index in [1.807, 2.05) is 6.92 Å². The van der Waals surface area contributed by atoms with Gasteiger partial charge in [0.05, 0.1) is 24.7 Å². The summed E-state index contributed by atoms with van der Waals surface area (Å²) in [4.78, 5) is 16.1. The van der Waals surface area contributed by atoms with E-state index in [1.165, 1.54) is 6.20 Å². The van der Waals surface area contributed by atoms with Gasteiger partial charge >= 0.3 is 0 Å². The fraction of sp³-hybridized carbons (Fsp3) is 0.308. The van der Waals surface area contributed by atoms with Gasteiger partial charge in [-0.1, -0.05) is 0 Å². The Kier molecular flexibility index (Phi) is 4.31. The average molecular weight is 275 g/mol. The Morgan fingerprint density at radius 3 is 2.85 bits per heavy atom. The lowest BCUT2D eigenvalue weighted by molar-refractivity contribution is -0.117. The number of rotatable bonds is 5. The maximum Gasteiger partial charge on any atom is 0.246 e. The molecule has 7 nitrogen and oxygen atoms in total. The molecule has 0 spiro atoms. The van der Waals surface area contributed by atoms with E-state index in [1.54, 1.807) is 36.3 Å². The molecular weight excluding hydrogens is 258 g/mol. The van der Waals surface area contributed by atoms with Gasteiger partial charge in [0.2, 0.25) is 11.8 Å². The molecule has 0 bridgehead atoms. The van der Waals surface area contributed by atoms with E-state index >= 15 is 0 Å². The summed E-state index contributed by atoms with van der Waals surface area (Å²) in [5.41, 5.74) is 7.09. The van der Waals surface area contributed by atoms with E-state index in [4.69, 9.17) is 10.5 Å². The SMILES string of the molecule is CCOc1ccc(NC(=O)C(N)c2cnn(C)c2)cn1. The number of aryl methyl sites for hydroxylation is 1. The molecule has 2 rings (SSSR count). The first-order chi connectivity index (χ1) is 9.60. The molecule has 0 fully saturated rings. The number of hydrogen-bond donors (Lipinski definition) is 2. The van der Waals surface area contributed by atoms with Crippen LogP contribution in [0.4, 0.5) is 5.69 Å². The van der Waals surface area contributed by atoms with E-state index in [0.717, 1.165) is 0 Å². The predicted octanol–water partition coefficient (Wildman–Crippen LogP) is 0.852. The van der Waals surface area contributed by atoms with E-state index in [9.17, 15) is 4.79 Å². The highest BCUT2D eigenvalue weighted by Gasteiger charge is 2.17. The fourth-order valence-electron chi connectivity index (χ4n) is 1.66. The Morgan fingerprint density at radius 1 is 1.50 bits per heavy atom. The van der Waals surface area contributed by atoms with Gasteiger partial charge in [0.15, 0.2) is 0 Å². The second-order valence-electron chi connectivity index (χ2n) is 4.23. The van der Waals surface area contributed by atoms with Crippen molar-refractivity contribution in [2.75, 3.05) is 11.9 Å². The quantitative estimate of drug-likeness (QED) is 0.843. The molecule has 1 unspecified atom stereocenters. The Bertz CT molecular complexity index is 579. The first kappa shape index (κ1) is 14.0. The smallest absolute Gasteiger partial charge is 0.246 e. The minimum atomic E-state index is -0.768. The van der Waals surface area contributed by atoms with E-state index in [-0.39, 0.29) is 5.91 Å². The maximum absolute atomic E-state index is 12.0. The predicted molar refractivity (Wildman–Crippen MR) is 74.2 cm³/mol. The van der Waals surface area contributed by atoms with Gasteiger partial charge in [-0.05, 0) is 13.0 Å². The van der Waals surface area contributed by atoms with Crippen LogP contribution in [-0.2, 0) is 11.8 Å². The van der Waals surface area contributed by atoms with Crippen LogP contribution in [0.2, 0.25) is 0 Å². The molecule has 0 radical (unpaired) electrons. The van der Waals surface area contributed by atoms with Crippen molar-refractivity contribution in [3.8, 4) is 5.88 Å². The third kappa shape index (κ3) is 3.33. The second-order valence-corrected chi connectivity index (χ2v) is 4.23. The number of carbonyl (C=O) groups is 1. The molecule has 2 heterocycles. The molecule has 1 atom stereocenters. The molecule has 0 saturated heterocycles. The number of nitrogens with one attached hydrogen (secondary N) is 1. The summed E-state index contributed by atoms with van der Waals surface area (Å²) in [5, 5.41) is 6.69. The lowest BCUT2D eigenvalue weighted by Gasteiger charge is -2.10. The highest BCUT2D eigenvalue weighted by molar-refractivity contribution is 5.95. The zero-order valence-electron chi connectivity index (χ0n) is 11.4. The van der Waals surface area contributed by atoms with Gasteiger partial charge in [-0.25, -0.2) is 4.98 Å². The summed E-state index contributed by atoms with van der Waals surface area (Å²) >= 11 is 0. The fourth-order valence-corrected chi connectivity index (χ4v) is 1.66. The number of anilines is 1. The summed E-state index contributed by atoms with van der Waals surface area (Å²) in [6, 6.07) is 2.64. The molecule has 2 aromatic heterocycles. The Morgan fingerprint density at radius 2 is 2.30 bits per heavy atom. The Balaban J connectivity index is 2.00. The van der Waals surface area contributed by atoms with Crippen molar-refractivity contribution in [1.29, 1.82) is 0 Å². The number of ether oxygens (including phenoxy) is 1. The van der Waals surface area contributed by atoms with Crippen molar-refractivity contribution in [2.45, 2.75) is 13.0 Å². The molecule has 1 amide bonds. The molecule has 0 aromatic carbocycles. The van der Waals surface area contributed by atoms with Gasteiger partial charge in [0.1, 0.15) is 6.04 Å². The van der Waals surface area contributed by atoms with Crippen LogP contribution in [0.1, 0.15) is 18.5 Å². The van der Waals surface area contributed by atoms with Crippen LogP contribution in [0.3, 0.4) is 0 Å². The summed E-state index contributed by atoms with van der Waals surface area (Å²) < 4.78 is 6.82. The van der Waals surface area contributed by atoms with Crippen LogP contribution in [-0.4, -0.2) is 27.3 Å². The molecular formula is C13H17N5O2. The Labute approximate surface area is 116 Å². The van der Waals surface area contributed by atoms with E-state index in [2.05, 4.69) is 15.4 Å². The van der Waals surface area contributed by atoms with Crippen molar-refractivity contribution >= 4 is 11.6 Å². The largest absolute Gasteiger partial charge is 0.478 e. The molecule has 0 aliphatic carbocycles. The zero-order chi connectivity index (χ0) is 14.5. The number of nitrogens with two attached hydrogens (primary N) is 1. The van der Waals surface area contributed by atoms with Crippen LogP contribution in [0.5, 0.6) is 5.88 Å². The standard InChI is InChI=1S/C13H17N5O2/c1-3-20-11-5-4-10(7-15-11)17-13(19)12(14)9-6-16-18(2)8-9/h4-8,12H,3,14H2,1-2H3,(H,17,19).